The Bertz CT molecular complexity index is 522. The van der Waals surface area contributed by atoms with Gasteiger partial charge in [-0.25, -0.2) is 0 Å². The number of halogens is 1. The number of hydrogen-bond acceptors (Lipinski definition) is 2. The maximum Gasteiger partial charge on any atom is 0.0859 e. The predicted molar refractivity (Wildman–Crippen MR) is 68.1 cm³/mol. The van der Waals surface area contributed by atoms with Gasteiger partial charge >= 0.3 is 0 Å². The van der Waals surface area contributed by atoms with Crippen LogP contribution in [0.4, 0.5) is 0 Å². The molecular formula is C13H15ClN2O. The van der Waals surface area contributed by atoms with Crippen molar-refractivity contribution >= 4 is 11.6 Å². The number of nitrogens with zero attached hydrogens (tertiary/aromatic N) is 2. The van der Waals surface area contributed by atoms with E-state index in [0.717, 1.165) is 17.0 Å². The predicted octanol–water partition coefficient (Wildman–Crippen LogP) is 2.66. The highest BCUT2D eigenvalue weighted by Gasteiger charge is 2.14. The number of aromatic nitrogens is 2. The fourth-order valence-electron chi connectivity index (χ4n) is 1.91. The van der Waals surface area contributed by atoms with Crippen LogP contribution in [0.3, 0.4) is 0 Å². The smallest absolute Gasteiger partial charge is 0.0859 e. The van der Waals surface area contributed by atoms with Crippen LogP contribution in [0.15, 0.2) is 30.3 Å². The van der Waals surface area contributed by atoms with E-state index in [1.807, 2.05) is 38.2 Å². The molecule has 0 aliphatic carbocycles. The fraction of sp³-hybridized carbons (Fsp3) is 0.308. The van der Waals surface area contributed by atoms with Gasteiger partial charge < -0.3 is 5.11 Å². The molecule has 0 aliphatic heterocycles. The highest BCUT2D eigenvalue weighted by molar-refractivity contribution is 6.31. The van der Waals surface area contributed by atoms with E-state index in [0.29, 0.717) is 11.4 Å². The monoisotopic (exact) mass is 250 g/mol. The molecule has 0 saturated heterocycles. The number of aliphatic hydroxyl groups excluding tert-OH is 1. The molecule has 1 aromatic carbocycles. The average Bonchev–Trinajstić information content (AvgIpc) is 2.58. The van der Waals surface area contributed by atoms with Gasteiger partial charge in [0.25, 0.3) is 0 Å². The summed E-state index contributed by atoms with van der Waals surface area (Å²) in [6.45, 7) is 1.94. The van der Waals surface area contributed by atoms with E-state index < -0.39 is 6.10 Å². The lowest BCUT2D eigenvalue weighted by molar-refractivity contribution is 0.176. The number of rotatable bonds is 3. The van der Waals surface area contributed by atoms with Gasteiger partial charge in [0, 0.05) is 24.2 Å². The Morgan fingerprint density at radius 3 is 2.71 bits per heavy atom. The molecule has 3 nitrogen and oxygen atoms in total. The quantitative estimate of drug-likeness (QED) is 0.910. The zero-order valence-electron chi connectivity index (χ0n) is 9.89. The van der Waals surface area contributed by atoms with Gasteiger partial charge in [0.15, 0.2) is 0 Å². The molecule has 0 spiro atoms. The zero-order valence-corrected chi connectivity index (χ0v) is 10.6. The molecule has 90 valence electrons. The minimum absolute atomic E-state index is 0.515. The number of aryl methyl sites for hydroxylation is 2. The minimum atomic E-state index is -0.599. The SMILES string of the molecule is Cc1cc(CC(O)c2ccccc2Cl)n(C)n1. The van der Waals surface area contributed by atoms with E-state index >= 15 is 0 Å². The Labute approximate surface area is 106 Å². The first-order valence-corrected chi connectivity index (χ1v) is 5.87. The summed E-state index contributed by atoms with van der Waals surface area (Å²) in [6.07, 6.45) is -0.0837. The van der Waals surface area contributed by atoms with Crippen LogP contribution in [-0.2, 0) is 13.5 Å². The number of benzene rings is 1. The molecule has 2 rings (SSSR count). The Kier molecular flexibility index (Phi) is 3.50. The standard InChI is InChI=1S/C13H15ClN2O/c1-9-7-10(16(2)15-9)8-13(17)11-5-3-4-6-12(11)14/h3-7,13,17H,8H2,1-2H3. The van der Waals surface area contributed by atoms with E-state index in [4.69, 9.17) is 11.6 Å². The van der Waals surface area contributed by atoms with Crippen LogP contribution in [0, 0.1) is 6.92 Å². The van der Waals surface area contributed by atoms with Crippen LogP contribution in [0.25, 0.3) is 0 Å². The lowest BCUT2D eigenvalue weighted by Gasteiger charge is -2.12. The zero-order chi connectivity index (χ0) is 12.4. The summed E-state index contributed by atoms with van der Waals surface area (Å²) in [4.78, 5) is 0. The maximum atomic E-state index is 10.2. The van der Waals surface area contributed by atoms with Gasteiger partial charge in [-0.1, -0.05) is 29.8 Å². The summed E-state index contributed by atoms with van der Waals surface area (Å²) in [7, 11) is 1.88. The van der Waals surface area contributed by atoms with Crippen LogP contribution in [0.1, 0.15) is 23.1 Å². The summed E-state index contributed by atoms with van der Waals surface area (Å²) in [5, 5.41) is 15.0. The average molecular weight is 251 g/mol. The molecule has 0 aliphatic rings. The molecule has 1 N–H and O–H groups in total. The third-order valence-corrected chi connectivity index (χ3v) is 3.11. The van der Waals surface area contributed by atoms with Crippen LogP contribution < -0.4 is 0 Å². The Balaban J connectivity index is 2.20. The molecule has 0 amide bonds. The van der Waals surface area contributed by atoms with E-state index in [2.05, 4.69) is 5.10 Å². The van der Waals surface area contributed by atoms with Gasteiger partial charge in [-0.05, 0) is 24.6 Å². The second kappa shape index (κ2) is 4.90. The van der Waals surface area contributed by atoms with Crippen molar-refractivity contribution in [2.75, 3.05) is 0 Å². The van der Waals surface area contributed by atoms with Crippen molar-refractivity contribution < 1.29 is 5.11 Å². The molecule has 1 atom stereocenters. The fourth-order valence-corrected chi connectivity index (χ4v) is 2.17. The molecule has 0 bridgehead atoms. The van der Waals surface area contributed by atoms with Gasteiger partial charge in [0.05, 0.1) is 11.8 Å². The van der Waals surface area contributed by atoms with Gasteiger partial charge in [0.2, 0.25) is 0 Å². The molecule has 17 heavy (non-hydrogen) atoms. The van der Waals surface area contributed by atoms with E-state index in [-0.39, 0.29) is 0 Å². The van der Waals surface area contributed by atoms with Crippen molar-refractivity contribution in [1.29, 1.82) is 0 Å². The van der Waals surface area contributed by atoms with E-state index in [1.54, 1.807) is 10.7 Å². The molecule has 1 unspecified atom stereocenters. The van der Waals surface area contributed by atoms with Crippen molar-refractivity contribution in [3.8, 4) is 0 Å². The van der Waals surface area contributed by atoms with Crippen molar-refractivity contribution in [3.63, 3.8) is 0 Å². The molecule has 0 radical (unpaired) electrons. The van der Waals surface area contributed by atoms with Crippen molar-refractivity contribution in [2.24, 2.45) is 7.05 Å². The van der Waals surface area contributed by atoms with E-state index in [1.165, 1.54) is 0 Å². The molecule has 1 heterocycles. The van der Waals surface area contributed by atoms with Crippen LogP contribution in [0.5, 0.6) is 0 Å². The van der Waals surface area contributed by atoms with Gasteiger partial charge in [-0.3, -0.25) is 4.68 Å². The first-order chi connectivity index (χ1) is 8.08. The van der Waals surface area contributed by atoms with Gasteiger partial charge in [-0.15, -0.1) is 0 Å². The summed E-state index contributed by atoms with van der Waals surface area (Å²) in [5.41, 5.74) is 2.71. The minimum Gasteiger partial charge on any atom is -0.388 e. The van der Waals surface area contributed by atoms with Crippen molar-refractivity contribution in [1.82, 2.24) is 9.78 Å². The lowest BCUT2D eigenvalue weighted by Crippen LogP contribution is -2.06. The summed E-state index contributed by atoms with van der Waals surface area (Å²) >= 11 is 6.05. The molecule has 0 saturated carbocycles. The van der Waals surface area contributed by atoms with Crippen LogP contribution in [-0.4, -0.2) is 14.9 Å². The Morgan fingerprint density at radius 1 is 1.41 bits per heavy atom. The molecule has 4 heteroatoms. The molecule has 1 aromatic heterocycles. The van der Waals surface area contributed by atoms with Gasteiger partial charge in [0.1, 0.15) is 0 Å². The number of hydrogen-bond donors (Lipinski definition) is 1. The molecule has 2 aromatic rings. The largest absolute Gasteiger partial charge is 0.388 e. The second-order valence-corrected chi connectivity index (χ2v) is 4.55. The summed E-state index contributed by atoms with van der Waals surface area (Å²) in [5.74, 6) is 0. The van der Waals surface area contributed by atoms with Gasteiger partial charge in [-0.2, -0.15) is 5.10 Å². The Hall–Kier alpha value is -1.32. The summed E-state index contributed by atoms with van der Waals surface area (Å²) < 4.78 is 1.79. The van der Waals surface area contributed by atoms with Crippen molar-refractivity contribution in [2.45, 2.75) is 19.4 Å². The number of aliphatic hydroxyl groups is 1. The van der Waals surface area contributed by atoms with E-state index in [9.17, 15) is 5.11 Å². The highest BCUT2D eigenvalue weighted by atomic mass is 35.5. The Morgan fingerprint density at radius 2 is 2.12 bits per heavy atom. The third-order valence-electron chi connectivity index (χ3n) is 2.77. The van der Waals surface area contributed by atoms with Crippen LogP contribution in [0.2, 0.25) is 5.02 Å². The topological polar surface area (TPSA) is 38.0 Å². The second-order valence-electron chi connectivity index (χ2n) is 4.14. The lowest BCUT2D eigenvalue weighted by atomic mass is 10.0. The first kappa shape index (κ1) is 12.1. The van der Waals surface area contributed by atoms with Crippen LogP contribution >= 0.6 is 11.6 Å². The van der Waals surface area contributed by atoms with Crippen molar-refractivity contribution in [3.05, 3.63) is 52.3 Å². The first-order valence-electron chi connectivity index (χ1n) is 5.50. The normalized spacial score (nSPS) is 12.7. The maximum absolute atomic E-state index is 10.2. The highest BCUT2D eigenvalue weighted by Crippen LogP contribution is 2.25. The molecule has 0 fully saturated rings. The molecular weight excluding hydrogens is 236 g/mol. The third kappa shape index (κ3) is 2.68. The summed E-state index contributed by atoms with van der Waals surface area (Å²) in [6, 6.07) is 9.33.